The van der Waals surface area contributed by atoms with Crippen LogP contribution in [-0.4, -0.2) is 26.4 Å². The first-order valence-corrected chi connectivity index (χ1v) is 9.74. The lowest BCUT2D eigenvalue weighted by Crippen LogP contribution is -2.16. The van der Waals surface area contributed by atoms with Gasteiger partial charge in [0, 0.05) is 11.7 Å². The number of thioether (sulfide) groups is 1. The van der Waals surface area contributed by atoms with Crippen molar-refractivity contribution in [3.05, 3.63) is 47.9 Å². The number of rotatable bonds is 6. The highest BCUT2D eigenvalue weighted by atomic mass is 32.2. The maximum atomic E-state index is 12.8. The van der Waals surface area contributed by atoms with Crippen molar-refractivity contribution in [3.63, 3.8) is 0 Å². The second kappa shape index (κ2) is 8.32. The molecule has 3 aromatic rings. The molecule has 0 fully saturated rings. The first-order valence-electron chi connectivity index (χ1n) is 8.76. The molecule has 1 N–H and O–H groups in total. The zero-order valence-corrected chi connectivity index (χ0v) is 16.8. The van der Waals surface area contributed by atoms with Crippen LogP contribution < -0.4 is 5.32 Å². The van der Waals surface area contributed by atoms with Gasteiger partial charge < -0.3 is 9.73 Å². The van der Waals surface area contributed by atoms with Gasteiger partial charge >= 0.3 is 6.18 Å². The van der Waals surface area contributed by atoms with Gasteiger partial charge in [-0.25, -0.2) is 0 Å². The third kappa shape index (κ3) is 4.81. The fourth-order valence-electron chi connectivity index (χ4n) is 2.74. The quantitative estimate of drug-likeness (QED) is 0.552. The van der Waals surface area contributed by atoms with E-state index in [1.807, 2.05) is 25.3 Å². The van der Waals surface area contributed by atoms with Crippen molar-refractivity contribution in [1.82, 2.24) is 14.8 Å². The van der Waals surface area contributed by atoms with Gasteiger partial charge in [-0.15, -0.1) is 10.2 Å². The van der Waals surface area contributed by atoms with E-state index in [0.717, 1.165) is 29.5 Å². The van der Waals surface area contributed by atoms with Gasteiger partial charge in [0.25, 0.3) is 0 Å². The largest absolute Gasteiger partial charge is 0.469 e. The molecule has 29 heavy (non-hydrogen) atoms. The first kappa shape index (κ1) is 21.0. The molecule has 0 atom stereocenters. The molecular formula is C19H19F3N4O2S. The highest BCUT2D eigenvalue weighted by Crippen LogP contribution is 2.32. The summed E-state index contributed by atoms with van der Waals surface area (Å²) >= 11 is 1.16. The average molecular weight is 424 g/mol. The van der Waals surface area contributed by atoms with Gasteiger partial charge in [-0.05, 0) is 45.0 Å². The van der Waals surface area contributed by atoms with E-state index in [1.165, 1.54) is 12.1 Å². The van der Waals surface area contributed by atoms with E-state index in [0.29, 0.717) is 16.7 Å². The van der Waals surface area contributed by atoms with E-state index in [2.05, 4.69) is 15.5 Å². The minimum atomic E-state index is -4.47. The minimum absolute atomic E-state index is 0.0224. The summed E-state index contributed by atoms with van der Waals surface area (Å²) in [7, 11) is 0. The van der Waals surface area contributed by atoms with E-state index in [-0.39, 0.29) is 17.5 Å². The number of carbonyl (C=O) groups is 1. The Bertz CT molecular complexity index is 1010. The van der Waals surface area contributed by atoms with E-state index < -0.39 is 17.6 Å². The summed E-state index contributed by atoms with van der Waals surface area (Å²) in [6.45, 7) is 5.76. The van der Waals surface area contributed by atoms with Gasteiger partial charge in [0.05, 0.1) is 23.1 Å². The topological polar surface area (TPSA) is 72.9 Å². The predicted octanol–water partition coefficient (Wildman–Crippen LogP) is 5.18. The molecule has 2 aromatic heterocycles. The van der Waals surface area contributed by atoms with Crippen molar-refractivity contribution in [2.45, 2.75) is 38.1 Å². The molecule has 0 radical (unpaired) electrons. The molecule has 3 rings (SSSR count). The molecule has 6 nitrogen and oxygen atoms in total. The van der Waals surface area contributed by atoms with Gasteiger partial charge in [0.2, 0.25) is 5.91 Å². The van der Waals surface area contributed by atoms with Crippen molar-refractivity contribution in [2.75, 3.05) is 11.1 Å². The number of benzene rings is 1. The van der Waals surface area contributed by atoms with Crippen LogP contribution >= 0.6 is 11.8 Å². The molecule has 154 valence electrons. The number of carbonyl (C=O) groups excluding carboxylic acids is 1. The van der Waals surface area contributed by atoms with Crippen molar-refractivity contribution >= 4 is 23.4 Å². The fraction of sp³-hybridized carbons (Fsp3) is 0.316. The maximum Gasteiger partial charge on any atom is 0.416 e. The Balaban J connectivity index is 1.71. The first-order chi connectivity index (χ1) is 13.7. The summed E-state index contributed by atoms with van der Waals surface area (Å²) < 4.78 is 45.6. The Morgan fingerprint density at radius 3 is 2.66 bits per heavy atom. The summed E-state index contributed by atoms with van der Waals surface area (Å²) in [4.78, 5) is 12.2. The van der Waals surface area contributed by atoms with Crippen LogP contribution in [0.2, 0.25) is 0 Å². The summed E-state index contributed by atoms with van der Waals surface area (Å²) in [6, 6.07) is 6.35. The van der Waals surface area contributed by atoms with Gasteiger partial charge in [-0.1, -0.05) is 17.8 Å². The Labute approximate surface area is 169 Å². The zero-order valence-electron chi connectivity index (χ0n) is 15.9. The van der Waals surface area contributed by atoms with Crippen molar-refractivity contribution in [3.8, 4) is 11.4 Å². The number of nitrogens with one attached hydrogen (secondary N) is 1. The second-order valence-electron chi connectivity index (χ2n) is 6.58. The number of alkyl halides is 3. The minimum Gasteiger partial charge on any atom is -0.469 e. The number of anilines is 1. The van der Waals surface area contributed by atoms with Crippen LogP contribution in [0.3, 0.4) is 0 Å². The van der Waals surface area contributed by atoms with Crippen molar-refractivity contribution < 1.29 is 22.4 Å². The molecule has 0 unspecified atom stereocenters. The molecular weight excluding hydrogens is 405 g/mol. The van der Waals surface area contributed by atoms with Gasteiger partial charge in [-0.2, -0.15) is 13.2 Å². The molecule has 0 bridgehead atoms. The Morgan fingerprint density at radius 1 is 1.28 bits per heavy atom. The lowest BCUT2D eigenvalue weighted by Gasteiger charge is -2.13. The molecule has 0 aliphatic rings. The molecule has 0 saturated heterocycles. The Morgan fingerprint density at radius 2 is 2.03 bits per heavy atom. The molecule has 1 amide bonds. The number of hydrogen-bond donors (Lipinski definition) is 1. The van der Waals surface area contributed by atoms with Gasteiger partial charge in [-0.3, -0.25) is 9.36 Å². The summed E-state index contributed by atoms with van der Waals surface area (Å²) in [6.07, 6.45) is -2.90. The van der Waals surface area contributed by atoms with E-state index in [1.54, 1.807) is 12.3 Å². The Hall–Kier alpha value is -2.75. The van der Waals surface area contributed by atoms with Gasteiger partial charge in [0.1, 0.15) is 5.76 Å². The number of nitrogens with zero attached hydrogens (tertiary/aromatic N) is 3. The fourth-order valence-corrected chi connectivity index (χ4v) is 3.61. The normalized spacial score (nSPS) is 11.8. The molecule has 0 aliphatic carbocycles. The van der Waals surface area contributed by atoms with Crippen LogP contribution in [0.15, 0.2) is 46.2 Å². The van der Waals surface area contributed by atoms with Crippen LogP contribution in [0.4, 0.5) is 18.9 Å². The SMILES string of the molecule is Cc1occc1-c1nnc(SCC(=O)Nc2cccc(C(F)(F)F)c2)n1C(C)C. The zero-order chi connectivity index (χ0) is 21.2. The molecule has 2 heterocycles. The van der Waals surface area contributed by atoms with E-state index in [4.69, 9.17) is 4.42 Å². The standard InChI is InChI=1S/C19H19F3N4O2S/c1-11(2)26-17(15-7-8-28-12(15)3)24-25-18(26)29-10-16(27)23-14-6-4-5-13(9-14)19(20,21)22/h4-9,11H,10H2,1-3H3,(H,23,27). The molecule has 1 aromatic carbocycles. The molecule has 0 aliphatic heterocycles. The number of aromatic nitrogens is 3. The van der Waals surface area contributed by atoms with Gasteiger partial charge in [0.15, 0.2) is 11.0 Å². The van der Waals surface area contributed by atoms with E-state index in [9.17, 15) is 18.0 Å². The van der Waals surface area contributed by atoms with Crippen molar-refractivity contribution in [1.29, 1.82) is 0 Å². The molecule has 10 heteroatoms. The lowest BCUT2D eigenvalue weighted by atomic mass is 10.2. The van der Waals surface area contributed by atoms with Crippen LogP contribution in [0.5, 0.6) is 0 Å². The number of hydrogen-bond acceptors (Lipinski definition) is 5. The maximum absolute atomic E-state index is 12.8. The van der Waals surface area contributed by atoms with E-state index >= 15 is 0 Å². The smallest absolute Gasteiger partial charge is 0.416 e. The average Bonchev–Trinajstić information content (AvgIpc) is 3.25. The lowest BCUT2D eigenvalue weighted by molar-refractivity contribution is -0.137. The summed E-state index contributed by atoms with van der Waals surface area (Å²) in [5.74, 6) is 0.879. The number of furan rings is 1. The highest BCUT2D eigenvalue weighted by molar-refractivity contribution is 7.99. The molecule has 0 saturated carbocycles. The number of aryl methyl sites for hydroxylation is 1. The van der Waals surface area contributed by atoms with Crippen LogP contribution in [0.1, 0.15) is 31.2 Å². The monoisotopic (exact) mass is 424 g/mol. The number of amides is 1. The number of halogens is 3. The van der Waals surface area contributed by atoms with Crippen molar-refractivity contribution in [2.24, 2.45) is 0 Å². The highest BCUT2D eigenvalue weighted by Gasteiger charge is 2.30. The second-order valence-corrected chi connectivity index (χ2v) is 7.52. The summed E-state index contributed by atoms with van der Waals surface area (Å²) in [5.41, 5.74) is 0.0829. The third-order valence-electron chi connectivity index (χ3n) is 4.09. The predicted molar refractivity (Wildman–Crippen MR) is 104 cm³/mol. The summed E-state index contributed by atoms with van der Waals surface area (Å²) in [5, 5.41) is 11.4. The van der Waals surface area contributed by atoms with Crippen LogP contribution in [0, 0.1) is 6.92 Å². The Kier molecular flexibility index (Phi) is 6.02. The third-order valence-corrected chi connectivity index (χ3v) is 5.03. The van der Waals surface area contributed by atoms with Crippen LogP contribution in [0.25, 0.3) is 11.4 Å². The molecule has 0 spiro atoms. The van der Waals surface area contributed by atoms with Crippen LogP contribution in [-0.2, 0) is 11.0 Å².